The first kappa shape index (κ1) is 6.47. The highest BCUT2D eigenvalue weighted by Gasteiger charge is 1.57. The predicted octanol–water partition coefficient (Wildman–Crippen LogP) is 0.214. The van der Waals surface area contributed by atoms with Crippen LogP contribution in [0.5, 0.6) is 0 Å². The molecule has 0 fully saturated rings. The Hall–Kier alpha value is -1.65. The van der Waals surface area contributed by atoms with Gasteiger partial charge in [-0.15, -0.1) is 0 Å². The highest BCUT2D eigenvalue weighted by molar-refractivity contribution is 4.64. The van der Waals surface area contributed by atoms with Gasteiger partial charge in [-0.2, -0.15) is 5.10 Å². The summed E-state index contributed by atoms with van der Waals surface area (Å²) in [6.45, 7) is 0. The number of H-pyrrole nitrogens is 2. The Morgan fingerprint density at radius 1 is 1.10 bits per heavy atom. The normalized spacial score (nSPS) is 8.00. The Morgan fingerprint density at radius 3 is 2.30 bits per heavy atom. The first-order valence-electron chi connectivity index (χ1n) is 2.71. The Bertz CT molecular complexity index is 149. The molecule has 0 radical (unpaired) electrons. The van der Waals surface area contributed by atoms with Crippen LogP contribution >= 0.6 is 0 Å². The summed E-state index contributed by atoms with van der Waals surface area (Å²) in [4.78, 5) is 9.97. The molecule has 0 aliphatic carbocycles. The third kappa shape index (κ3) is 2.61. The fraction of sp³-hybridized carbons (Fsp3) is 0. The van der Waals surface area contributed by atoms with Gasteiger partial charge in [-0.25, -0.2) is 9.97 Å². The van der Waals surface area contributed by atoms with E-state index in [1.807, 2.05) is 0 Å². The molecule has 0 saturated carbocycles. The van der Waals surface area contributed by atoms with Gasteiger partial charge in [0.15, 0.2) is 0 Å². The van der Waals surface area contributed by atoms with Crippen LogP contribution in [0.25, 0.3) is 0 Å². The molecule has 0 amide bonds. The van der Waals surface area contributed by atoms with Crippen LogP contribution in [0.15, 0.2) is 31.4 Å². The van der Waals surface area contributed by atoms with Gasteiger partial charge >= 0.3 is 0 Å². The van der Waals surface area contributed by atoms with Crippen molar-refractivity contribution in [3.05, 3.63) is 31.4 Å². The van der Waals surface area contributed by atoms with Crippen LogP contribution in [-0.4, -0.2) is 25.1 Å². The molecular weight excluding hydrogens is 130 g/mol. The minimum Gasteiger partial charge on any atom is -0.351 e. The largest absolute Gasteiger partial charge is 0.351 e. The van der Waals surface area contributed by atoms with Crippen LogP contribution < -0.4 is 0 Å². The van der Waals surface area contributed by atoms with Crippen molar-refractivity contribution in [2.24, 2.45) is 0 Å². The number of imidazole rings is 1. The first-order chi connectivity index (χ1) is 5.00. The zero-order chi connectivity index (χ0) is 7.07. The monoisotopic (exact) mass is 137 g/mol. The lowest BCUT2D eigenvalue weighted by Crippen LogP contribution is -1.53. The molecule has 2 heterocycles. The van der Waals surface area contributed by atoms with E-state index in [0.717, 1.165) is 0 Å². The number of aromatic amines is 2. The standard InChI is InChI=1S/C3H4N2.C2H3N3/c1-2-5-3-4-1;1-3-2-5-4-1/h1-3H,(H,4,5);1-2H,(H,3,4,5). The van der Waals surface area contributed by atoms with Gasteiger partial charge in [0.2, 0.25) is 0 Å². The van der Waals surface area contributed by atoms with Gasteiger partial charge in [0.05, 0.1) is 6.33 Å². The maximum Gasteiger partial charge on any atom is 0.137 e. The van der Waals surface area contributed by atoms with Crippen molar-refractivity contribution in [1.82, 2.24) is 25.1 Å². The topological polar surface area (TPSA) is 70.2 Å². The second kappa shape index (κ2) is 4.25. The van der Waals surface area contributed by atoms with Crippen LogP contribution in [0, 0.1) is 0 Å². The molecule has 10 heavy (non-hydrogen) atoms. The van der Waals surface area contributed by atoms with E-state index < -0.39 is 0 Å². The SMILES string of the molecule is c1c[nH]cn1.c1nc[nH]n1. The van der Waals surface area contributed by atoms with Crippen molar-refractivity contribution < 1.29 is 0 Å². The van der Waals surface area contributed by atoms with Gasteiger partial charge in [-0.3, -0.25) is 5.10 Å². The molecule has 2 rings (SSSR count). The fourth-order valence-electron chi connectivity index (χ4n) is 0.382. The number of hydrogen-bond acceptors (Lipinski definition) is 3. The Labute approximate surface area is 57.5 Å². The summed E-state index contributed by atoms with van der Waals surface area (Å²) in [6, 6.07) is 0. The summed E-state index contributed by atoms with van der Waals surface area (Å²) in [7, 11) is 0. The van der Waals surface area contributed by atoms with Gasteiger partial charge in [-0.05, 0) is 0 Å². The Balaban J connectivity index is 0.0000001000. The number of hydrogen-bond donors (Lipinski definition) is 2. The third-order valence-electron chi connectivity index (χ3n) is 0.737. The molecule has 0 unspecified atom stereocenters. The van der Waals surface area contributed by atoms with Gasteiger partial charge < -0.3 is 4.98 Å². The minimum atomic E-state index is 1.44. The van der Waals surface area contributed by atoms with Crippen LogP contribution in [0.2, 0.25) is 0 Å². The summed E-state index contributed by atoms with van der Waals surface area (Å²) in [5, 5.41) is 5.99. The van der Waals surface area contributed by atoms with Crippen LogP contribution in [-0.2, 0) is 0 Å². The van der Waals surface area contributed by atoms with Gasteiger partial charge in [0.1, 0.15) is 12.7 Å². The van der Waals surface area contributed by atoms with E-state index in [1.54, 1.807) is 18.7 Å². The Morgan fingerprint density at radius 2 is 2.10 bits per heavy atom. The quantitative estimate of drug-likeness (QED) is 0.545. The molecule has 52 valence electrons. The number of aromatic nitrogens is 5. The van der Waals surface area contributed by atoms with Gasteiger partial charge in [-0.1, -0.05) is 0 Å². The number of rotatable bonds is 0. The summed E-state index contributed by atoms with van der Waals surface area (Å²) in [5.74, 6) is 0. The molecule has 2 aromatic heterocycles. The second-order valence-corrected chi connectivity index (χ2v) is 1.41. The van der Waals surface area contributed by atoms with Crippen molar-refractivity contribution in [3.8, 4) is 0 Å². The molecule has 2 aromatic rings. The average Bonchev–Trinajstić information content (AvgIpc) is 2.67. The summed E-state index contributed by atoms with van der Waals surface area (Å²) < 4.78 is 0. The third-order valence-corrected chi connectivity index (χ3v) is 0.737. The van der Waals surface area contributed by atoms with E-state index in [9.17, 15) is 0 Å². The molecule has 0 saturated heterocycles. The molecule has 0 aliphatic rings. The first-order valence-corrected chi connectivity index (χ1v) is 2.71. The van der Waals surface area contributed by atoms with Crippen molar-refractivity contribution in [1.29, 1.82) is 0 Å². The molecule has 5 heteroatoms. The number of nitrogens with one attached hydrogen (secondary N) is 2. The fourth-order valence-corrected chi connectivity index (χ4v) is 0.382. The average molecular weight is 137 g/mol. The second-order valence-electron chi connectivity index (χ2n) is 1.41. The van der Waals surface area contributed by atoms with Crippen molar-refractivity contribution in [3.63, 3.8) is 0 Å². The summed E-state index contributed by atoms with van der Waals surface area (Å²) in [5.41, 5.74) is 0. The van der Waals surface area contributed by atoms with Crippen molar-refractivity contribution in [2.75, 3.05) is 0 Å². The molecule has 0 spiro atoms. The van der Waals surface area contributed by atoms with E-state index in [4.69, 9.17) is 0 Å². The van der Waals surface area contributed by atoms with Gasteiger partial charge in [0, 0.05) is 12.4 Å². The lowest BCUT2D eigenvalue weighted by molar-refractivity contribution is 1.09. The Kier molecular flexibility index (Phi) is 2.75. The molecule has 0 aliphatic heterocycles. The van der Waals surface area contributed by atoms with E-state index in [2.05, 4.69) is 25.1 Å². The zero-order valence-electron chi connectivity index (χ0n) is 5.23. The minimum absolute atomic E-state index is 1.44. The van der Waals surface area contributed by atoms with E-state index in [-0.39, 0.29) is 0 Å². The van der Waals surface area contributed by atoms with Crippen LogP contribution in [0.1, 0.15) is 0 Å². The number of nitrogens with zero attached hydrogens (tertiary/aromatic N) is 3. The maximum atomic E-state index is 3.67. The molecule has 0 bridgehead atoms. The van der Waals surface area contributed by atoms with E-state index in [1.165, 1.54) is 12.7 Å². The predicted molar refractivity (Wildman–Crippen MR) is 35.0 cm³/mol. The van der Waals surface area contributed by atoms with Crippen LogP contribution in [0.4, 0.5) is 0 Å². The van der Waals surface area contributed by atoms with Crippen LogP contribution in [0.3, 0.4) is 0 Å². The highest BCUT2D eigenvalue weighted by atomic mass is 15.2. The molecule has 2 N–H and O–H groups in total. The smallest absolute Gasteiger partial charge is 0.137 e. The molecular formula is C5H7N5. The zero-order valence-corrected chi connectivity index (χ0v) is 5.23. The lowest BCUT2D eigenvalue weighted by atomic mass is 11.0. The molecule has 0 aromatic carbocycles. The van der Waals surface area contributed by atoms with E-state index in [0.29, 0.717) is 0 Å². The highest BCUT2D eigenvalue weighted by Crippen LogP contribution is 1.62. The van der Waals surface area contributed by atoms with Crippen molar-refractivity contribution in [2.45, 2.75) is 0 Å². The molecule has 5 nitrogen and oxygen atoms in total. The molecule has 0 atom stereocenters. The van der Waals surface area contributed by atoms with Gasteiger partial charge in [0.25, 0.3) is 0 Å². The van der Waals surface area contributed by atoms with E-state index >= 15 is 0 Å². The summed E-state index contributed by atoms with van der Waals surface area (Å²) in [6.07, 6.45) is 8.04. The maximum absolute atomic E-state index is 3.67. The summed E-state index contributed by atoms with van der Waals surface area (Å²) >= 11 is 0. The lowest BCUT2D eigenvalue weighted by Gasteiger charge is -1.46. The van der Waals surface area contributed by atoms with Crippen molar-refractivity contribution >= 4 is 0 Å².